The van der Waals surface area contributed by atoms with Gasteiger partial charge in [0, 0.05) is 0 Å². The highest BCUT2D eigenvalue weighted by atomic mass is 19.4. The van der Waals surface area contributed by atoms with E-state index >= 15 is 0 Å². The number of aryl methyl sites for hydroxylation is 2. The lowest BCUT2D eigenvalue weighted by Gasteiger charge is -2.12. The summed E-state index contributed by atoms with van der Waals surface area (Å²) in [6, 6.07) is 2.31. The van der Waals surface area contributed by atoms with Gasteiger partial charge >= 0.3 is 12.2 Å². The quantitative estimate of drug-likeness (QED) is 0.716. The van der Waals surface area contributed by atoms with Crippen LogP contribution in [-0.2, 0) is 0 Å². The maximum absolute atomic E-state index is 11.9. The lowest BCUT2D eigenvalue weighted by Crippen LogP contribution is -2.36. The molecule has 0 atom stereocenters. The molecule has 0 bridgehead atoms. The molecule has 1 aromatic rings. The van der Waals surface area contributed by atoms with Crippen LogP contribution in [0.25, 0.3) is 0 Å². The van der Waals surface area contributed by atoms with Crippen molar-refractivity contribution in [1.29, 1.82) is 0 Å². The molecular formula is C11H14F3N3O. The number of nitrogen functional groups attached to an aromatic ring is 1. The van der Waals surface area contributed by atoms with Crippen LogP contribution in [0.15, 0.2) is 12.1 Å². The number of nitrogens with one attached hydrogen (secondary N) is 2. The number of nitrogens with two attached hydrogens (primary N) is 1. The number of urea groups is 1. The first kappa shape index (κ1) is 14.1. The van der Waals surface area contributed by atoms with E-state index in [1.165, 1.54) is 0 Å². The predicted octanol–water partition coefficient (Wildman–Crippen LogP) is 2.57. The van der Waals surface area contributed by atoms with Crippen LogP contribution in [0, 0.1) is 13.8 Å². The molecule has 0 aromatic heterocycles. The number of alkyl halides is 3. The molecule has 0 saturated carbocycles. The fourth-order valence-electron chi connectivity index (χ4n) is 1.29. The average Bonchev–Trinajstić information content (AvgIpc) is 2.22. The summed E-state index contributed by atoms with van der Waals surface area (Å²) in [7, 11) is 0. The minimum absolute atomic E-state index is 0.290. The summed E-state index contributed by atoms with van der Waals surface area (Å²) in [4.78, 5) is 11.2. The van der Waals surface area contributed by atoms with Gasteiger partial charge in [0.1, 0.15) is 6.54 Å². The van der Waals surface area contributed by atoms with Crippen LogP contribution in [0.1, 0.15) is 11.1 Å². The van der Waals surface area contributed by atoms with E-state index in [1.54, 1.807) is 17.4 Å². The van der Waals surface area contributed by atoms with Crippen molar-refractivity contribution in [3.63, 3.8) is 0 Å². The van der Waals surface area contributed by atoms with Gasteiger partial charge in [0.15, 0.2) is 0 Å². The molecule has 0 heterocycles. The van der Waals surface area contributed by atoms with Crippen molar-refractivity contribution < 1.29 is 18.0 Å². The third-order valence-electron chi connectivity index (χ3n) is 2.36. The van der Waals surface area contributed by atoms with Gasteiger partial charge < -0.3 is 16.4 Å². The van der Waals surface area contributed by atoms with Gasteiger partial charge in [0.2, 0.25) is 0 Å². The third kappa shape index (κ3) is 4.15. The maximum Gasteiger partial charge on any atom is 0.405 e. The molecule has 7 heteroatoms. The number of benzene rings is 1. The highest BCUT2D eigenvalue weighted by Crippen LogP contribution is 2.22. The van der Waals surface area contributed by atoms with Crippen molar-refractivity contribution >= 4 is 17.4 Å². The predicted molar refractivity (Wildman–Crippen MR) is 63.4 cm³/mol. The second kappa shape index (κ2) is 5.16. The van der Waals surface area contributed by atoms with Crippen molar-refractivity contribution in [2.75, 3.05) is 17.6 Å². The van der Waals surface area contributed by atoms with Gasteiger partial charge in [0.05, 0.1) is 11.4 Å². The normalized spacial score (nSPS) is 11.2. The van der Waals surface area contributed by atoms with Gasteiger partial charge in [-0.05, 0) is 37.1 Å². The molecule has 2 amide bonds. The highest BCUT2D eigenvalue weighted by molar-refractivity contribution is 5.92. The zero-order valence-corrected chi connectivity index (χ0v) is 9.98. The van der Waals surface area contributed by atoms with E-state index < -0.39 is 18.8 Å². The van der Waals surface area contributed by atoms with Gasteiger partial charge in [-0.1, -0.05) is 0 Å². The maximum atomic E-state index is 11.9. The van der Waals surface area contributed by atoms with Crippen LogP contribution in [-0.4, -0.2) is 18.8 Å². The number of rotatable bonds is 2. The number of carbonyl (C=O) groups excluding carboxylic acids is 1. The molecule has 0 radical (unpaired) electrons. The van der Waals surface area contributed by atoms with Gasteiger partial charge in [-0.25, -0.2) is 4.79 Å². The van der Waals surface area contributed by atoms with Crippen LogP contribution < -0.4 is 16.4 Å². The molecule has 0 unspecified atom stereocenters. The smallest absolute Gasteiger partial charge is 0.397 e. The Morgan fingerprint density at radius 2 is 1.83 bits per heavy atom. The van der Waals surface area contributed by atoms with Crippen molar-refractivity contribution in [1.82, 2.24) is 5.32 Å². The molecule has 18 heavy (non-hydrogen) atoms. The minimum atomic E-state index is -4.44. The Labute approximate surface area is 102 Å². The molecule has 0 aliphatic rings. The SMILES string of the molecule is Cc1cc(N)c(NC(=O)NCC(F)(F)F)cc1C. The van der Waals surface area contributed by atoms with E-state index in [-0.39, 0.29) is 5.69 Å². The Bertz CT molecular complexity index is 458. The van der Waals surface area contributed by atoms with E-state index in [0.717, 1.165) is 11.1 Å². The molecule has 4 N–H and O–H groups in total. The lowest BCUT2D eigenvalue weighted by atomic mass is 10.1. The molecule has 100 valence electrons. The van der Waals surface area contributed by atoms with Gasteiger partial charge in [-0.15, -0.1) is 0 Å². The minimum Gasteiger partial charge on any atom is -0.397 e. The summed E-state index contributed by atoms with van der Waals surface area (Å²) in [6.45, 7) is 2.27. The summed E-state index contributed by atoms with van der Waals surface area (Å²) < 4.78 is 35.7. The summed E-state index contributed by atoms with van der Waals surface area (Å²) in [6.07, 6.45) is -4.44. The molecule has 1 rings (SSSR count). The largest absolute Gasteiger partial charge is 0.405 e. The van der Waals surface area contributed by atoms with Crippen molar-refractivity contribution in [3.05, 3.63) is 23.3 Å². The first-order chi connectivity index (χ1) is 8.19. The van der Waals surface area contributed by atoms with E-state index in [1.807, 2.05) is 13.8 Å². The summed E-state index contributed by atoms with van der Waals surface area (Å²) in [5.41, 5.74) is 8.07. The Kier molecular flexibility index (Phi) is 4.05. The number of carbonyl (C=O) groups is 1. The van der Waals surface area contributed by atoms with Gasteiger partial charge in [-0.2, -0.15) is 13.2 Å². The molecule has 0 aliphatic carbocycles. The van der Waals surface area contributed by atoms with Gasteiger partial charge in [-0.3, -0.25) is 0 Å². The van der Waals surface area contributed by atoms with E-state index in [9.17, 15) is 18.0 Å². The van der Waals surface area contributed by atoms with Crippen LogP contribution >= 0.6 is 0 Å². The summed E-state index contributed by atoms with van der Waals surface area (Å²) in [5, 5.41) is 3.98. The second-order valence-corrected chi connectivity index (χ2v) is 3.95. The summed E-state index contributed by atoms with van der Waals surface area (Å²) >= 11 is 0. The topological polar surface area (TPSA) is 67.1 Å². The molecule has 0 aliphatic heterocycles. The fourth-order valence-corrected chi connectivity index (χ4v) is 1.29. The second-order valence-electron chi connectivity index (χ2n) is 3.95. The number of hydrogen-bond donors (Lipinski definition) is 3. The third-order valence-corrected chi connectivity index (χ3v) is 2.36. The number of amides is 2. The van der Waals surface area contributed by atoms with Crippen LogP contribution in [0.2, 0.25) is 0 Å². The van der Waals surface area contributed by atoms with Crippen LogP contribution in [0.5, 0.6) is 0 Å². The van der Waals surface area contributed by atoms with Crippen LogP contribution in [0.4, 0.5) is 29.3 Å². The first-order valence-corrected chi connectivity index (χ1v) is 5.17. The summed E-state index contributed by atoms with van der Waals surface area (Å²) in [5.74, 6) is 0. The van der Waals surface area contributed by atoms with Crippen molar-refractivity contribution in [3.8, 4) is 0 Å². The molecule has 0 saturated heterocycles. The molecule has 1 aromatic carbocycles. The molecule has 4 nitrogen and oxygen atoms in total. The van der Waals surface area contributed by atoms with Crippen molar-refractivity contribution in [2.24, 2.45) is 0 Å². The van der Waals surface area contributed by atoms with Gasteiger partial charge in [0.25, 0.3) is 0 Å². The molecule has 0 fully saturated rings. The van der Waals surface area contributed by atoms with E-state index in [2.05, 4.69) is 5.32 Å². The fraction of sp³-hybridized carbons (Fsp3) is 0.364. The molecule has 0 spiro atoms. The number of anilines is 2. The Morgan fingerprint density at radius 1 is 1.28 bits per heavy atom. The molecular weight excluding hydrogens is 247 g/mol. The van der Waals surface area contributed by atoms with Crippen molar-refractivity contribution in [2.45, 2.75) is 20.0 Å². The zero-order chi connectivity index (χ0) is 13.9. The highest BCUT2D eigenvalue weighted by Gasteiger charge is 2.27. The van der Waals surface area contributed by atoms with E-state index in [0.29, 0.717) is 5.69 Å². The monoisotopic (exact) mass is 261 g/mol. The average molecular weight is 261 g/mol. The van der Waals surface area contributed by atoms with E-state index in [4.69, 9.17) is 5.73 Å². The Balaban J connectivity index is 2.68. The number of halogens is 3. The standard InChI is InChI=1S/C11H14F3N3O/c1-6-3-8(15)9(4-7(6)2)17-10(18)16-5-11(12,13)14/h3-4H,5,15H2,1-2H3,(H2,16,17,18). The zero-order valence-electron chi connectivity index (χ0n) is 9.98. The Hall–Kier alpha value is -1.92. The Morgan fingerprint density at radius 3 is 2.39 bits per heavy atom. The number of hydrogen-bond acceptors (Lipinski definition) is 2. The first-order valence-electron chi connectivity index (χ1n) is 5.17. The van der Waals surface area contributed by atoms with Crippen LogP contribution in [0.3, 0.4) is 0 Å². The lowest BCUT2D eigenvalue weighted by molar-refractivity contribution is -0.122.